The highest BCUT2D eigenvalue weighted by atomic mass is 79.9. The third-order valence-electron chi connectivity index (χ3n) is 5.93. The average molecular weight is 441 g/mol. The molecule has 3 aromatic rings. The van der Waals surface area contributed by atoms with Gasteiger partial charge in [-0.3, -0.25) is 4.79 Å². The van der Waals surface area contributed by atoms with Crippen molar-refractivity contribution < 1.29 is 0 Å². The third-order valence-corrected chi connectivity index (χ3v) is 6.42. The van der Waals surface area contributed by atoms with Crippen LogP contribution in [0.5, 0.6) is 0 Å². The van der Waals surface area contributed by atoms with Crippen LogP contribution in [0.15, 0.2) is 38.6 Å². The first-order valence-corrected chi connectivity index (χ1v) is 10.6. The van der Waals surface area contributed by atoms with Crippen LogP contribution in [0.25, 0.3) is 10.9 Å². The minimum absolute atomic E-state index is 0.103. The van der Waals surface area contributed by atoms with Crippen molar-refractivity contribution in [3.05, 3.63) is 61.9 Å². The van der Waals surface area contributed by atoms with E-state index in [1.165, 1.54) is 29.6 Å². The lowest BCUT2D eigenvalue weighted by atomic mass is 9.88. The molecule has 2 aromatic heterocycles. The quantitative estimate of drug-likeness (QED) is 0.535. The van der Waals surface area contributed by atoms with E-state index in [-0.39, 0.29) is 11.5 Å². The molecule has 1 saturated carbocycles. The van der Waals surface area contributed by atoms with Crippen LogP contribution in [0.3, 0.4) is 0 Å². The molecule has 2 heterocycles. The summed E-state index contributed by atoms with van der Waals surface area (Å²) in [6.45, 7) is 4.13. The molecule has 1 aliphatic carbocycles. The number of nitrogens with zero attached hydrogens (tertiary/aromatic N) is 4. The summed E-state index contributed by atoms with van der Waals surface area (Å²) < 4.78 is 4.53. The van der Waals surface area contributed by atoms with Gasteiger partial charge in [0.15, 0.2) is 0 Å². The maximum absolute atomic E-state index is 13.3. The molecule has 0 radical (unpaired) electrons. The Morgan fingerprint density at radius 3 is 2.61 bits per heavy atom. The van der Waals surface area contributed by atoms with Gasteiger partial charge in [0, 0.05) is 34.4 Å². The summed E-state index contributed by atoms with van der Waals surface area (Å²) in [5.74, 6) is 1.08. The van der Waals surface area contributed by atoms with Crippen molar-refractivity contribution >= 4 is 33.0 Å². The zero-order valence-corrected chi connectivity index (χ0v) is 18.2. The Morgan fingerprint density at radius 1 is 1.18 bits per heavy atom. The van der Waals surface area contributed by atoms with Gasteiger partial charge in [-0.25, -0.2) is 4.98 Å². The Hall–Kier alpha value is -2.21. The first-order valence-electron chi connectivity index (χ1n) is 9.85. The summed E-state index contributed by atoms with van der Waals surface area (Å²) in [6.07, 6.45) is 7.54. The first-order chi connectivity index (χ1) is 13.5. The van der Waals surface area contributed by atoms with Crippen molar-refractivity contribution in [3.8, 4) is 0 Å². The van der Waals surface area contributed by atoms with Crippen molar-refractivity contribution in [1.82, 2.24) is 14.2 Å². The van der Waals surface area contributed by atoms with Gasteiger partial charge in [0.2, 0.25) is 0 Å². The maximum atomic E-state index is 13.3. The molecule has 0 bridgehead atoms. The van der Waals surface area contributed by atoms with Gasteiger partial charge in [-0.1, -0.05) is 35.2 Å². The predicted octanol–water partition coefficient (Wildman–Crippen LogP) is 5.04. The zero-order chi connectivity index (χ0) is 19.8. The van der Waals surface area contributed by atoms with Crippen molar-refractivity contribution in [1.29, 1.82) is 0 Å². The lowest BCUT2D eigenvalue weighted by Gasteiger charge is -2.22. The molecule has 0 saturated heterocycles. The molecule has 4 rings (SSSR count). The summed E-state index contributed by atoms with van der Waals surface area (Å²) in [5.41, 5.74) is 3.96. The SMILES string of the molecule is Cc1cc(C=Nn2c(C3CCCCC3)nc3ccc(Br)cc3c2=O)c(C)n1C. The van der Waals surface area contributed by atoms with Gasteiger partial charge >= 0.3 is 0 Å². The fourth-order valence-electron chi connectivity index (χ4n) is 4.04. The number of rotatable bonds is 3. The average Bonchev–Trinajstić information content (AvgIpc) is 2.95. The minimum Gasteiger partial charge on any atom is -0.352 e. The molecule has 5 nitrogen and oxygen atoms in total. The van der Waals surface area contributed by atoms with E-state index in [1.807, 2.05) is 25.2 Å². The lowest BCUT2D eigenvalue weighted by Crippen LogP contribution is -2.25. The Kier molecular flexibility index (Phi) is 5.23. The van der Waals surface area contributed by atoms with Crippen LogP contribution in [0.1, 0.15) is 60.8 Å². The third kappa shape index (κ3) is 3.46. The highest BCUT2D eigenvalue weighted by Crippen LogP contribution is 2.32. The van der Waals surface area contributed by atoms with Gasteiger partial charge < -0.3 is 4.57 Å². The number of aryl methyl sites for hydroxylation is 1. The number of aromatic nitrogens is 3. The van der Waals surface area contributed by atoms with Gasteiger partial charge in [-0.05, 0) is 51.0 Å². The number of benzene rings is 1. The normalized spacial score (nSPS) is 15.7. The van der Waals surface area contributed by atoms with Crippen molar-refractivity contribution in [2.45, 2.75) is 51.9 Å². The number of fused-ring (bicyclic) bond motifs is 1. The van der Waals surface area contributed by atoms with E-state index in [2.05, 4.69) is 45.5 Å². The number of halogens is 1. The topological polar surface area (TPSA) is 52.2 Å². The fourth-order valence-corrected chi connectivity index (χ4v) is 4.40. The second kappa shape index (κ2) is 7.66. The molecule has 0 unspecified atom stereocenters. The molecule has 0 spiro atoms. The van der Waals surface area contributed by atoms with E-state index in [0.717, 1.165) is 39.9 Å². The van der Waals surface area contributed by atoms with E-state index >= 15 is 0 Å². The highest BCUT2D eigenvalue weighted by Gasteiger charge is 2.22. The van der Waals surface area contributed by atoms with Crippen LogP contribution < -0.4 is 5.56 Å². The summed E-state index contributed by atoms with van der Waals surface area (Å²) >= 11 is 3.47. The molecule has 0 amide bonds. The molecule has 146 valence electrons. The molecule has 0 N–H and O–H groups in total. The predicted molar refractivity (Wildman–Crippen MR) is 117 cm³/mol. The monoisotopic (exact) mass is 440 g/mol. The van der Waals surface area contributed by atoms with Crippen LogP contribution in [-0.4, -0.2) is 20.4 Å². The number of hydrogen-bond acceptors (Lipinski definition) is 3. The Bertz CT molecular complexity index is 1120. The van der Waals surface area contributed by atoms with E-state index in [0.29, 0.717) is 5.39 Å². The summed E-state index contributed by atoms with van der Waals surface area (Å²) in [4.78, 5) is 18.2. The van der Waals surface area contributed by atoms with Crippen molar-refractivity contribution in [2.24, 2.45) is 12.1 Å². The summed E-state index contributed by atoms with van der Waals surface area (Å²) in [5, 5.41) is 5.22. The molecule has 1 aromatic carbocycles. The molecular weight excluding hydrogens is 416 g/mol. The van der Waals surface area contributed by atoms with Gasteiger partial charge in [-0.2, -0.15) is 9.78 Å². The first kappa shape index (κ1) is 19.1. The molecule has 0 atom stereocenters. The minimum atomic E-state index is -0.103. The Labute approximate surface area is 173 Å². The standard InChI is InChI=1S/C22H25BrN4O/c1-14-11-17(15(2)26(14)3)13-24-27-21(16-7-5-4-6-8-16)25-20-10-9-18(23)12-19(20)22(27)28/h9-13,16H,4-8H2,1-3H3. The van der Waals surface area contributed by atoms with Crippen LogP contribution in [-0.2, 0) is 7.05 Å². The van der Waals surface area contributed by atoms with Gasteiger partial charge in [0.1, 0.15) is 5.82 Å². The highest BCUT2D eigenvalue weighted by molar-refractivity contribution is 9.10. The smallest absolute Gasteiger partial charge is 0.282 e. The Balaban J connectivity index is 1.88. The van der Waals surface area contributed by atoms with Crippen LogP contribution >= 0.6 is 15.9 Å². The molecular formula is C22H25BrN4O. The van der Waals surface area contributed by atoms with Gasteiger partial charge in [0.25, 0.3) is 5.56 Å². The van der Waals surface area contributed by atoms with Gasteiger partial charge in [-0.15, -0.1) is 0 Å². The number of hydrogen-bond donors (Lipinski definition) is 0. The summed E-state index contributed by atoms with van der Waals surface area (Å²) in [6, 6.07) is 7.77. The van der Waals surface area contributed by atoms with Crippen LogP contribution in [0.2, 0.25) is 0 Å². The fraction of sp³-hybridized carbons (Fsp3) is 0.409. The second-order valence-corrected chi connectivity index (χ2v) is 8.63. The van der Waals surface area contributed by atoms with Crippen molar-refractivity contribution in [3.63, 3.8) is 0 Å². The molecule has 6 heteroatoms. The molecule has 1 aliphatic rings. The summed E-state index contributed by atoms with van der Waals surface area (Å²) in [7, 11) is 2.04. The molecule has 0 aliphatic heterocycles. The zero-order valence-electron chi connectivity index (χ0n) is 16.6. The van der Waals surface area contributed by atoms with E-state index in [1.54, 1.807) is 6.21 Å². The Morgan fingerprint density at radius 2 is 1.93 bits per heavy atom. The van der Waals surface area contributed by atoms with E-state index in [9.17, 15) is 4.79 Å². The van der Waals surface area contributed by atoms with Gasteiger partial charge in [0.05, 0.1) is 17.1 Å². The maximum Gasteiger partial charge on any atom is 0.282 e. The molecule has 28 heavy (non-hydrogen) atoms. The van der Waals surface area contributed by atoms with E-state index < -0.39 is 0 Å². The van der Waals surface area contributed by atoms with Crippen molar-refractivity contribution in [2.75, 3.05) is 0 Å². The second-order valence-electron chi connectivity index (χ2n) is 7.71. The van der Waals surface area contributed by atoms with E-state index in [4.69, 9.17) is 4.98 Å². The largest absolute Gasteiger partial charge is 0.352 e. The van der Waals surface area contributed by atoms with Crippen LogP contribution in [0, 0.1) is 13.8 Å². The van der Waals surface area contributed by atoms with Crippen LogP contribution in [0.4, 0.5) is 0 Å². The molecule has 1 fully saturated rings. The lowest BCUT2D eigenvalue weighted by molar-refractivity contribution is 0.416.